The highest BCUT2D eigenvalue weighted by Gasteiger charge is 2.27. The Balaban J connectivity index is 2.22. The maximum atomic E-state index is 11.8. The minimum atomic E-state index is -0.812. The van der Waals surface area contributed by atoms with Crippen molar-refractivity contribution in [3.8, 4) is 0 Å². The average molecular weight is 258 g/mol. The van der Waals surface area contributed by atoms with Crippen LogP contribution in [0.2, 0.25) is 0 Å². The fraction of sp³-hybridized carbons (Fsp3) is 0.833. The number of hydrogen-bond donors (Lipinski definition) is 2. The summed E-state index contributed by atoms with van der Waals surface area (Å²) in [5.41, 5.74) is 0. The van der Waals surface area contributed by atoms with Gasteiger partial charge in [-0.1, -0.05) is 0 Å². The van der Waals surface area contributed by atoms with Crippen LogP contribution in [0.4, 0.5) is 4.79 Å². The first-order chi connectivity index (χ1) is 8.65. The summed E-state index contributed by atoms with van der Waals surface area (Å²) in [7, 11) is 1.65. The van der Waals surface area contributed by atoms with Gasteiger partial charge in [0, 0.05) is 33.4 Å². The van der Waals surface area contributed by atoms with Crippen LogP contribution in [-0.4, -0.2) is 55.4 Å². The van der Waals surface area contributed by atoms with Gasteiger partial charge >= 0.3 is 12.0 Å². The lowest BCUT2D eigenvalue weighted by Gasteiger charge is -2.30. The molecule has 1 heterocycles. The molecule has 0 aromatic carbocycles. The molecule has 1 unspecified atom stereocenters. The molecular formula is C12H22N2O4. The van der Waals surface area contributed by atoms with Gasteiger partial charge in [-0.2, -0.15) is 0 Å². The number of rotatable bonds is 6. The molecule has 1 atom stereocenters. The molecule has 0 aromatic rings. The van der Waals surface area contributed by atoms with Crippen molar-refractivity contribution in [2.75, 3.05) is 33.4 Å². The van der Waals surface area contributed by atoms with Crippen molar-refractivity contribution in [1.82, 2.24) is 10.2 Å². The third-order valence-electron chi connectivity index (χ3n) is 3.11. The SMILES string of the molecule is COCCCCNC(=O)N1CCCC(C(=O)O)C1. The molecule has 0 aromatic heterocycles. The molecule has 6 nitrogen and oxygen atoms in total. The Morgan fingerprint density at radius 2 is 2.22 bits per heavy atom. The number of unbranched alkanes of at least 4 members (excludes halogenated alkanes) is 1. The number of ether oxygens (including phenoxy) is 1. The first kappa shape index (κ1) is 14.8. The topological polar surface area (TPSA) is 78.9 Å². The maximum absolute atomic E-state index is 11.8. The lowest BCUT2D eigenvalue weighted by molar-refractivity contribution is -0.143. The van der Waals surface area contributed by atoms with Crippen LogP contribution >= 0.6 is 0 Å². The van der Waals surface area contributed by atoms with Crippen molar-refractivity contribution in [3.63, 3.8) is 0 Å². The van der Waals surface area contributed by atoms with E-state index in [2.05, 4.69) is 5.32 Å². The van der Waals surface area contributed by atoms with Crippen LogP contribution in [0.5, 0.6) is 0 Å². The highest BCUT2D eigenvalue weighted by molar-refractivity contribution is 5.76. The number of piperidine rings is 1. The molecule has 1 fully saturated rings. The number of hydrogen-bond acceptors (Lipinski definition) is 3. The Morgan fingerprint density at radius 3 is 2.89 bits per heavy atom. The zero-order valence-corrected chi connectivity index (χ0v) is 10.9. The van der Waals surface area contributed by atoms with Gasteiger partial charge in [0.15, 0.2) is 0 Å². The predicted octanol–water partition coefficient (Wildman–Crippen LogP) is 0.919. The van der Waals surface area contributed by atoms with Gasteiger partial charge in [-0.3, -0.25) is 4.79 Å². The van der Waals surface area contributed by atoms with E-state index in [4.69, 9.17) is 9.84 Å². The Hall–Kier alpha value is -1.30. The number of carbonyl (C=O) groups excluding carboxylic acids is 1. The van der Waals surface area contributed by atoms with Crippen molar-refractivity contribution in [2.45, 2.75) is 25.7 Å². The molecule has 2 amide bonds. The van der Waals surface area contributed by atoms with Gasteiger partial charge in [-0.15, -0.1) is 0 Å². The first-order valence-corrected chi connectivity index (χ1v) is 6.39. The summed E-state index contributed by atoms with van der Waals surface area (Å²) in [6.07, 6.45) is 3.20. The summed E-state index contributed by atoms with van der Waals surface area (Å²) in [5.74, 6) is -1.23. The number of carboxylic acids is 1. The normalized spacial score (nSPS) is 19.6. The summed E-state index contributed by atoms with van der Waals surface area (Å²) in [6.45, 7) is 2.27. The molecule has 2 N–H and O–H groups in total. The van der Waals surface area contributed by atoms with Gasteiger partial charge in [0.1, 0.15) is 0 Å². The Kier molecular flexibility index (Phi) is 6.49. The third kappa shape index (κ3) is 4.91. The maximum Gasteiger partial charge on any atom is 0.317 e. The molecule has 0 radical (unpaired) electrons. The number of aliphatic carboxylic acids is 1. The van der Waals surface area contributed by atoms with E-state index in [-0.39, 0.29) is 6.03 Å². The van der Waals surface area contributed by atoms with Crippen LogP contribution in [0, 0.1) is 5.92 Å². The molecule has 0 bridgehead atoms. The Labute approximate surface area is 107 Å². The second-order valence-electron chi connectivity index (χ2n) is 4.56. The van der Waals surface area contributed by atoms with E-state index in [0.29, 0.717) is 32.7 Å². The molecule has 0 spiro atoms. The lowest BCUT2D eigenvalue weighted by Crippen LogP contribution is -2.47. The summed E-state index contributed by atoms with van der Waals surface area (Å²) in [4.78, 5) is 24.3. The van der Waals surface area contributed by atoms with Crippen LogP contribution in [0.15, 0.2) is 0 Å². The van der Waals surface area contributed by atoms with Gasteiger partial charge in [-0.25, -0.2) is 4.79 Å². The van der Waals surface area contributed by atoms with Gasteiger partial charge in [0.05, 0.1) is 5.92 Å². The van der Waals surface area contributed by atoms with Crippen molar-refractivity contribution in [1.29, 1.82) is 0 Å². The zero-order chi connectivity index (χ0) is 13.4. The van der Waals surface area contributed by atoms with Crippen molar-refractivity contribution in [3.05, 3.63) is 0 Å². The van der Waals surface area contributed by atoms with Crippen molar-refractivity contribution >= 4 is 12.0 Å². The smallest absolute Gasteiger partial charge is 0.317 e. The number of nitrogens with one attached hydrogen (secondary N) is 1. The molecule has 6 heteroatoms. The lowest BCUT2D eigenvalue weighted by atomic mass is 9.99. The molecule has 104 valence electrons. The van der Waals surface area contributed by atoms with Gasteiger partial charge in [0.2, 0.25) is 0 Å². The second-order valence-corrected chi connectivity index (χ2v) is 4.56. The number of methoxy groups -OCH3 is 1. The molecule has 0 aliphatic carbocycles. The summed E-state index contributed by atoms with van der Waals surface area (Å²) in [5, 5.41) is 11.7. The molecule has 18 heavy (non-hydrogen) atoms. The number of likely N-dealkylation sites (tertiary alicyclic amines) is 1. The fourth-order valence-corrected chi connectivity index (χ4v) is 2.04. The van der Waals surface area contributed by atoms with E-state index >= 15 is 0 Å². The van der Waals surface area contributed by atoms with E-state index in [1.165, 1.54) is 0 Å². The van der Waals surface area contributed by atoms with E-state index in [9.17, 15) is 9.59 Å². The van der Waals surface area contributed by atoms with Gasteiger partial charge in [-0.05, 0) is 25.7 Å². The standard InChI is InChI=1S/C12H22N2O4/c1-18-8-3-2-6-13-12(17)14-7-4-5-10(9-14)11(15)16/h10H,2-9H2,1H3,(H,13,17)(H,15,16). The van der Waals surface area contributed by atoms with Crippen LogP contribution in [0.3, 0.4) is 0 Å². The van der Waals surface area contributed by atoms with Gasteiger partial charge in [0.25, 0.3) is 0 Å². The van der Waals surface area contributed by atoms with Crippen LogP contribution < -0.4 is 5.32 Å². The number of urea groups is 1. The Bertz CT molecular complexity index is 283. The first-order valence-electron chi connectivity index (χ1n) is 6.39. The van der Waals surface area contributed by atoms with Crippen molar-refractivity contribution in [2.24, 2.45) is 5.92 Å². The third-order valence-corrected chi connectivity index (χ3v) is 3.11. The largest absolute Gasteiger partial charge is 0.481 e. The minimum Gasteiger partial charge on any atom is -0.481 e. The van der Waals surface area contributed by atoms with E-state index < -0.39 is 11.9 Å². The van der Waals surface area contributed by atoms with Gasteiger partial charge < -0.3 is 20.1 Å². The molecule has 1 saturated heterocycles. The number of amides is 2. The van der Waals surface area contributed by atoms with E-state index in [1.807, 2.05) is 0 Å². The minimum absolute atomic E-state index is 0.154. The van der Waals surface area contributed by atoms with Crippen molar-refractivity contribution < 1.29 is 19.4 Å². The monoisotopic (exact) mass is 258 g/mol. The molecule has 1 aliphatic rings. The highest BCUT2D eigenvalue weighted by atomic mass is 16.5. The highest BCUT2D eigenvalue weighted by Crippen LogP contribution is 2.16. The number of carboxylic acid groups (broad SMARTS) is 1. The Morgan fingerprint density at radius 1 is 1.44 bits per heavy atom. The fourth-order valence-electron chi connectivity index (χ4n) is 2.04. The summed E-state index contributed by atoms with van der Waals surface area (Å²) < 4.78 is 4.92. The number of nitrogens with zero attached hydrogens (tertiary/aromatic N) is 1. The zero-order valence-electron chi connectivity index (χ0n) is 10.9. The average Bonchev–Trinajstić information content (AvgIpc) is 2.38. The summed E-state index contributed by atoms with van der Waals surface area (Å²) in [6, 6.07) is -0.154. The quantitative estimate of drug-likeness (QED) is 0.694. The molecular weight excluding hydrogens is 236 g/mol. The van der Waals surface area contributed by atoms with Crippen LogP contribution in [-0.2, 0) is 9.53 Å². The molecule has 1 rings (SSSR count). The van der Waals surface area contributed by atoms with E-state index in [0.717, 1.165) is 19.3 Å². The summed E-state index contributed by atoms with van der Waals surface area (Å²) >= 11 is 0. The molecule has 0 saturated carbocycles. The number of carbonyl (C=O) groups is 2. The molecule has 1 aliphatic heterocycles. The van der Waals surface area contributed by atoms with Crippen LogP contribution in [0.25, 0.3) is 0 Å². The second kappa shape index (κ2) is 7.92. The van der Waals surface area contributed by atoms with Crippen LogP contribution in [0.1, 0.15) is 25.7 Å². The van der Waals surface area contributed by atoms with E-state index in [1.54, 1.807) is 12.0 Å². The predicted molar refractivity (Wildman–Crippen MR) is 66.4 cm³/mol.